The predicted octanol–water partition coefficient (Wildman–Crippen LogP) is 1.79. The Morgan fingerprint density at radius 2 is 1.88 bits per heavy atom. The molecule has 0 aliphatic carbocycles. The summed E-state index contributed by atoms with van der Waals surface area (Å²) in [6, 6.07) is 0.201. The molecule has 0 aromatic rings. The van der Waals surface area contributed by atoms with Gasteiger partial charge in [0, 0.05) is 19.1 Å². The van der Waals surface area contributed by atoms with Gasteiger partial charge in [0.1, 0.15) is 0 Å². The largest absolute Gasteiger partial charge is 0.391 e. The standard InChI is InChI=1S/C11H19F3N2O/c1-8(2)15-7-10(17)16-5-3-9(4-6-16)11(12,13)14/h8-9,15H,3-7H2,1-2H3. The molecule has 17 heavy (non-hydrogen) atoms. The van der Waals surface area contributed by atoms with E-state index in [-0.39, 0.29) is 44.4 Å². The van der Waals surface area contributed by atoms with Gasteiger partial charge in [-0.25, -0.2) is 0 Å². The summed E-state index contributed by atoms with van der Waals surface area (Å²) in [5, 5.41) is 2.97. The Morgan fingerprint density at radius 1 is 1.35 bits per heavy atom. The molecule has 0 bridgehead atoms. The fraction of sp³-hybridized carbons (Fsp3) is 0.909. The lowest BCUT2D eigenvalue weighted by Crippen LogP contribution is -2.46. The second-order valence-corrected chi connectivity index (χ2v) is 4.73. The van der Waals surface area contributed by atoms with Crippen LogP contribution >= 0.6 is 0 Å². The number of amides is 1. The van der Waals surface area contributed by atoms with E-state index < -0.39 is 12.1 Å². The first-order chi connectivity index (χ1) is 7.80. The molecular weight excluding hydrogens is 233 g/mol. The van der Waals surface area contributed by atoms with Gasteiger partial charge in [-0.3, -0.25) is 4.79 Å². The molecule has 0 radical (unpaired) electrons. The molecule has 0 unspecified atom stereocenters. The maximum atomic E-state index is 12.4. The normalized spacial score (nSPS) is 18.8. The number of rotatable bonds is 3. The number of carbonyl (C=O) groups excluding carboxylic acids is 1. The number of piperidine rings is 1. The molecule has 1 N–H and O–H groups in total. The van der Waals surface area contributed by atoms with Crippen LogP contribution in [0.25, 0.3) is 0 Å². The molecule has 0 aromatic heterocycles. The molecule has 1 aliphatic rings. The van der Waals surface area contributed by atoms with Crippen LogP contribution in [-0.4, -0.2) is 42.7 Å². The van der Waals surface area contributed by atoms with Gasteiger partial charge in [0.25, 0.3) is 0 Å². The molecule has 1 aliphatic heterocycles. The highest BCUT2D eigenvalue weighted by atomic mass is 19.4. The van der Waals surface area contributed by atoms with Crippen molar-refractivity contribution in [2.75, 3.05) is 19.6 Å². The zero-order valence-electron chi connectivity index (χ0n) is 10.2. The third-order valence-electron chi connectivity index (χ3n) is 2.97. The fourth-order valence-corrected chi connectivity index (χ4v) is 1.86. The van der Waals surface area contributed by atoms with Gasteiger partial charge in [-0.1, -0.05) is 13.8 Å². The molecule has 0 aromatic carbocycles. The third kappa shape index (κ3) is 4.53. The zero-order chi connectivity index (χ0) is 13.1. The number of alkyl halides is 3. The van der Waals surface area contributed by atoms with Crippen LogP contribution in [0.15, 0.2) is 0 Å². The van der Waals surface area contributed by atoms with Gasteiger partial charge in [-0.15, -0.1) is 0 Å². The lowest BCUT2D eigenvalue weighted by Gasteiger charge is -2.33. The van der Waals surface area contributed by atoms with E-state index in [1.165, 1.54) is 4.90 Å². The summed E-state index contributed by atoms with van der Waals surface area (Å²) in [6.45, 7) is 4.46. The molecule has 6 heteroatoms. The quantitative estimate of drug-likeness (QED) is 0.830. The first-order valence-electron chi connectivity index (χ1n) is 5.88. The van der Waals surface area contributed by atoms with Gasteiger partial charge in [-0.05, 0) is 12.8 Å². The van der Waals surface area contributed by atoms with Gasteiger partial charge in [0.05, 0.1) is 12.5 Å². The highest BCUT2D eigenvalue weighted by Gasteiger charge is 2.41. The number of hydrogen-bond acceptors (Lipinski definition) is 2. The van der Waals surface area contributed by atoms with Crippen molar-refractivity contribution in [2.45, 2.75) is 38.9 Å². The van der Waals surface area contributed by atoms with Gasteiger partial charge in [-0.2, -0.15) is 13.2 Å². The summed E-state index contributed by atoms with van der Waals surface area (Å²) in [6.07, 6.45) is -4.07. The lowest BCUT2D eigenvalue weighted by atomic mass is 9.96. The van der Waals surface area contributed by atoms with E-state index in [0.717, 1.165) is 0 Å². The topological polar surface area (TPSA) is 32.3 Å². The van der Waals surface area contributed by atoms with Crippen LogP contribution in [-0.2, 0) is 4.79 Å². The number of hydrogen-bond donors (Lipinski definition) is 1. The Kier molecular flexibility index (Phi) is 4.80. The summed E-state index contributed by atoms with van der Waals surface area (Å²) in [5.74, 6) is -1.36. The summed E-state index contributed by atoms with van der Waals surface area (Å²) in [7, 11) is 0. The first kappa shape index (κ1) is 14.3. The van der Waals surface area contributed by atoms with Crippen molar-refractivity contribution in [3.8, 4) is 0 Å². The minimum Gasteiger partial charge on any atom is -0.342 e. The molecule has 1 saturated heterocycles. The van der Waals surface area contributed by atoms with Gasteiger partial charge >= 0.3 is 6.18 Å². The summed E-state index contributed by atoms with van der Waals surface area (Å²) < 4.78 is 37.2. The molecule has 0 saturated carbocycles. The second kappa shape index (κ2) is 5.71. The molecule has 0 spiro atoms. The van der Waals surface area contributed by atoms with Crippen LogP contribution in [0, 0.1) is 5.92 Å². The molecule has 1 heterocycles. The third-order valence-corrected chi connectivity index (χ3v) is 2.97. The van der Waals surface area contributed by atoms with Crippen LogP contribution in [0.1, 0.15) is 26.7 Å². The van der Waals surface area contributed by atoms with Gasteiger partial charge < -0.3 is 10.2 Å². The Bertz CT molecular complexity index is 258. The highest BCUT2D eigenvalue weighted by Crippen LogP contribution is 2.33. The smallest absolute Gasteiger partial charge is 0.342 e. The van der Waals surface area contributed by atoms with Crippen molar-refractivity contribution in [1.82, 2.24) is 10.2 Å². The number of halogens is 3. The van der Waals surface area contributed by atoms with Crippen molar-refractivity contribution in [2.24, 2.45) is 5.92 Å². The molecule has 1 fully saturated rings. The molecule has 1 rings (SSSR count). The van der Waals surface area contributed by atoms with E-state index in [9.17, 15) is 18.0 Å². The van der Waals surface area contributed by atoms with Crippen LogP contribution in [0.3, 0.4) is 0 Å². The monoisotopic (exact) mass is 252 g/mol. The molecule has 3 nitrogen and oxygen atoms in total. The van der Waals surface area contributed by atoms with E-state index in [4.69, 9.17) is 0 Å². The van der Waals surface area contributed by atoms with Crippen molar-refractivity contribution < 1.29 is 18.0 Å². The Morgan fingerprint density at radius 3 is 2.29 bits per heavy atom. The predicted molar refractivity (Wildman–Crippen MR) is 58.5 cm³/mol. The lowest BCUT2D eigenvalue weighted by molar-refractivity contribution is -0.186. The van der Waals surface area contributed by atoms with Gasteiger partial charge in [0.15, 0.2) is 0 Å². The second-order valence-electron chi connectivity index (χ2n) is 4.73. The average molecular weight is 252 g/mol. The Labute approximate surface area is 99.4 Å². The van der Waals surface area contributed by atoms with Crippen LogP contribution in [0.4, 0.5) is 13.2 Å². The van der Waals surface area contributed by atoms with Crippen molar-refractivity contribution in [3.05, 3.63) is 0 Å². The summed E-state index contributed by atoms with van der Waals surface area (Å²) >= 11 is 0. The van der Waals surface area contributed by atoms with E-state index in [2.05, 4.69) is 5.32 Å². The van der Waals surface area contributed by atoms with E-state index in [1.54, 1.807) is 0 Å². The summed E-state index contributed by atoms with van der Waals surface area (Å²) in [5.41, 5.74) is 0. The van der Waals surface area contributed by atoms with Crippen molar-refractivity contribution in [3.63, 3.8) is 0 Å². The Balaban J connectivity index is 2.34. The first-order valence-corrected chi connectivity index (χ1v) is 5.88. The highest BCUT2D eigenvalue weighted by molar-refractivity contribution is 5.78. The summed E-state index contributed by atoms with van der Waals surface area (Å²) in [4.78, 5) is 13.2. The van der Waals surface area contributed by atoms with Gasteiger partial charge in [0.2, 0.25) is 5.91 Å². The Hall–Kier alpha value is -0.780. The van der Waals surface area contributed by atoms with Crippen LogP contribution in [0.2, 0.25) is 0 Å². The molecule has 1 amide bonds. The molecule has 0 atom stereocenters. The maximum Gasteiger partial charge on any atom is 0.391 e. The van der Waals surface area contributed by atoms with E-state index in [0.29, 0.717) is 0 Å². The van der Waals surface area contributed by atoms with Crippen molar-refractivity contribution in [1.29, 1.82) is 0 Å². The molecule has 100 valence electrons. The number of nitrogens with zero attached hydrogens (tertiary/aromatic N) is 1. The zero-order valence-corrected chi connectivity index (χ0v) is 10.2. The van der Waals surface area contributed by atoms with Crippen LogP contribution < -0.4 is 5.32 Å². The van der Waals surface area contributed by atoms with Crippen molar-refractivity contribution >= 4 is 5.91 Å². The van der Waals surface area contributed by atoms with E-state index in [1.807, 2.05) is 13.8 Å². The maximum absolute atomic E-state index is 12.4. The van der Waals surface area contributed by atoms with Crippen LogP contribution in [0.5, 0.6) is 0 Å². The minimum atomic E-state index is -4.12. The average Bonchev–Trinajstić information content (AvgIpc) is 2.25. The number of nitrogens with one attached hydrogen (secondary N) is 1. The number of carbonyl (C=O) groups is 1. The fourth-order valence-electron chi connectivity index (χ4n) is 1.86. The number of likely N-dealkylation sites (tertiary alicyclic amines) is 1. The SMILES string of the molecule is CC(C)NCC(=O)N1CCC(C(F)(F)F)CC1. The molecular formula is C11H19F3N2O. The van der Waals surface area contributed by atoms with E-state index >= 15 is 0 Å². The minimum absolute atomic E-state index is 0.0247.